The van der Waals surface area contributed by atoms with E-state index in [0.29, 0.717) is 37.2 Å². The number of piperidine rings is 1. The first-order valence-electron chi connectivity index (χ1n) is 8.99. The molecule has 0 aliphatic carbocycles. The summed E-state index contributed by atoms with van der Waals surface area (Å²) in [5, 5.41) is 2.49. The van der Waals surface area contributed by atoms with E-state index in [1.54, 1.807) is 36.1 Å². The van der Waals surface area contributed by atoms with Crippen LogP contribution in [0.15, 0.2) is 41.0 Å². The van der Waals surface area contributed by atoms with Gasteiger partial charge in [0.25, 0.3) is 11.8 Å². The number of ether oxygens (including phenoxy) is 1. The number of carbonyl (C=O) groups is 3. The number of esters is 1. The van der Waals surface area contributed by atoms with Crippen molar-refractivity contribution >= 4 is 23.5 Å². The smallest absolute Gasteiger partial charge is 0.309 e. The molecular weight excluding hydrogens is 367 g/mol. The van der Waals surface area contributed by atoms with Gasteiger partial charge in [0.1, 0.15) is 5.82 Å². The summed E-state index contributed by atoms with van der Waals surface area (Å²) in [5.74, 6) is -1.75. The topological polar surface area (TPSA) is 88.9 Å². The second kappa shape index (κ2) is 8.69. The van der Waals surface area contributed by atoms with Crippen LogP contribution in [-0.2, 0) is 14.3 Å². The van der Waals surface area contributed by atoms with Crippen LogP contribution in [0.1, 0.15) is 29.0 Å². The number of aryl methyl sites for hydroxylation is 1. The molecule has 0 spiro atoms. The van der Waals surface area contributed by atoms with Gasteiger partial charge in [-0.05, 0) is 49.6 Å². The molecule has 3 rings (SSSR count). The molecule has 0 saturated carbocycles. The maximum atomic E-state index is 13.5. The van der Waals surface area contributed by atoms with Gasteiger partial charge in [0, 0.05) is 18.8 Å². The molecule has 1 fully saturated rings. The number of nitrogens with one attached hydrogen (secondary N) is 1. The van der Waals surface area contributed by atoms with Crippen molar-refractivity contribution in [3.63, 3.8) is 0 Å². The van der Waals surface area contributed by atoms with Gasteiger partial charge in [-0.25, -0.2) is 4.39 Å². The number of hydrogen-bond donors (Lipinski definition) is 1. The van der Waals surface area contributed by atoms with Crippen LogP contribution in [0.25, 0.3) is 0 Å². The number of furan rings is 1. The van der Waals surface area contributed by atoms with E-state index in [4.69, 9.17) is 9.15 Å². The van der Waals surface area contributed by atoms with E-state index < -0.39 is 24.3 Å². The van der Waals surface area contributed by atoms with Crippen molar-refractivity contribution in [3.8, 4) is 0 Å². The summed E-state index contributed by atoms with van der Waals surface area (Å²) in [6.45, 7) is 2.00. The van der Waals surface area contributed by atoms with Crippen molar-refractivity contribution in [1.29, 1.82) is 0 Å². The average molecular weight is 388 g/mol. The third kappa shape index (κ3) is 4.76. The van der Waals surface area contributed by atoms with Crippen molar-refractivity contribution in [2.45, 2.75) is 19.8 Å². The number of amides is 2. The van der Waals surface area contributed by atoms with E-state index in [9.17, 15) is 18.8 Å². The highest BCUT2D eigenvalue weighted by atomic mass is 19.1. The summed E-state index contributed by atoms with van der Waals surface area (Å²) in [7, 11) is 0. The molecule has 0 atom stereocenters. The molecule has 148 valence electrons. The van der Waals surface area contributed by atoms with Crippen LogP contribution < -0.4 is 5.32 Å². The van der Waals surface area contributed by atoms with E-state index in [2.05, 4.69) is 5.32 Å². The van der Waals surface area contributed by atoms with Crippen LogP contribution in [0.5, 0.6) is 0 Å². The monoisotopic (exact) mass is 388 g/mol. The maximum Gasteiger partial charge on any atom is 0.309 e. The summed E-state index contributed by atoms with van der Waals surface area (Å²) in [4.78, 5) is 37.9. The Morgan fingerprint density at radius 2 is 2.00 bits per heavy atom. The SMILES string of the molecule is Cc1ccc(NC(=O)COC(=O)C2CCN(C(=O)c3ccco3)CC2)cc1F. The predicted octanol–water partition coefficient (Wildman–Crippen LogP) is 2.76. The number of nitrogens with zero attached hydrogens (tertiary/aromatic N) is 1. The Labute approximate surface area is 161 Å². The minimum Gasteiger partial charge on any atom is -0.459 e. The van der Waals surface area contributed by atoms with Crippen molar-refractivity contribution < 1.29 is 27.9 Å². The van der Waals surface area contributed by atoms with Gasteiger partial charge in [0.15, 0.2) is 12.4 Å². The minimum absolute atomic E-state index is 0.207. The molecule has 7 nitrogen and oxygen atoms in total. The number of carbonyl (C=O) groups excluding carboxylic acids is 3. The molecule has 1 aromatic heterocycles. The van der Waals surface area contributed by atoms with Gasteiger partial charge < -0.3 is 19.4 Å². The number of anilines is 1. The van der Waals surface area contributed by atoms with E-state index in [0.717, 1.165) is 0 Å². The zero-order valence-corrected chi connectivity index (χ0v) is 15.4. The van der Waals surface area contributed by atoms with Crippen LogP contribution in [0.3, 0.4) is 0 Å². The first-order valence-corrected chi connectivity index (χ1v) is 8.99. The van der Waals surface area contributed by atoms with Crippen molar-refractivity contribution in [3.05, 3.63) is 53.7 Å². The Morgan fingerprint density at radius 3 is 2.64 bits per heavy atom. The van der Waals surface area contributed by atoms with Gasteiger partial charge in [-0.3, -0.25) is 14.4 Å². The molecular formula is C20H21FN2O5. The number of rotatable bonds is 5. The van der Waals surface area contributed by atoms with E-state index in [-0.39, 0.29) is 17.6 Å². The van der Waals surface area contributed by atoms with Crippen LogP contribution in [0, 0.1) is 18.7 Å². The van der Waals surface area contributed by atoms with Gasteiger partial charge in [0.05, 0.1) is 12.2 Å². The summed E-state index contributed by atoms with van der Waals surface area (Å²) in [6, 6.07) is 7.58. The molecule has 0 bridgehead atoms. The van der Waals surface area contributed by atoms with Crippen LogP contribution in [0.4, 0.5) is 10.1 Å². The highest BCUT2D eigenvalue weighted by Gasteiger charge is 2.29. The van der Waals surface area contributed by atoms with Crippen molar-refractivity contribution in [2.24, 2.45) is 5.92 Å². The lowest BCUT2D eigenvalue weighted by atomic mass is 9.97. The van der Waals surface area contributed by atoms with Gasteiger partial charge >= 0.3 is 5.97 Å². The fourth-order valence-corrected chi connectivity index (χ4v) is 3.00. The first-order chi connectivity index (χ1) is 13.4. The summed E-state index contributed by atoms with van der Waals surface area (Å²) in [6.07, 6.45) is 2.35. The van der Waals surface area contributed by atoms with Crippen LogP contribution in [-0.4, -0.2) is 42.4 Å². The molecule has 1 aliphatic rings. The largest absolute Gasteiger partial charge is 0.459 e. The third-order valence-corrected chi connectivity index (χ3v) is 4.65. The second-order valence-corrected chi connectivity index (χ2v) is 6.66. The Hall–Kier alpha value is -3.16. The number of likely N-dealkylation sites (tertiary alicyclic amines) is 1. The number of benzene rings is 1. The van der Waals surface area contributed by atoms with Gasteiger partial charge in [0.2, 0.25) is 0 Å². The summed E-state index contributed by atoms with van der Waals surface area (Å²) < 4.78 is 23.7. The third-order valence-electron chi connectivity index (χ3n) is 4.65. The number of halogens is 1. The van der Waals surface area contributed by atoms with E-state index >= 15 is 0 Å². The molecule has 2 heterocycles. The summed E-state index contributed by atoms with van der Waals surface area (Å²) in [5.41, 5.74) is 0.773. The Kier molecular flexibility index (Phi) is 6.08. The highest BCUT2D eigenvalue weighted by molar-refractivity contribution is 5.93. The Balaban J connectivity index is 1.42. The lowest BCUT2D eigenvalue weighted by Gasteiger charge is -2.30. The molecule has 1 aromatic carbocycles. The van der Waals surface area contributed by atoms with Crippen molar-refractivity contribution in [2.75, 3.05) is 25.0 Å². The molecule has 1 saturated heterocycles. The minimum atomic E-state index is -0.540. The number of hydrogen-bond acceptors (Lipinski definition) is 5. The van der Waals surface area contributed by atoms with Crippen LogP contribution in [0.2, 0.25) is 0 Å². The lowest BCUT2D eigenvalue weighted by molar-refractivity contribution is -0.152. The Morgan fingerprint density at radius 1 is 1.25 bits per heavy atom. The molecule has 1 aliphatic heterocycles. The molecule has 1 N–H and O–H groups in total. The molecule has 28 heavy (non-hydrogen) atoms. The second-order valence-electron chi connectivity index (χ2n) is 6.66. The fourth-order valence-electron chi connectivity index (χ4n) is 3.00. The molecule has 8 heteroatoms. The van der Waals surface area contributed by atoms with Crippen LogP contribution >= 0.6 is 0 Å². The molecule has 0 unspecified atom stereocenters. The zero-order valence-electron chi connectivity index (χ0n) is 15.4. The lowest BCUT2D eigenvalue weighted by Crippen LogP contribution is -2.40. The average Bonchev–Trinajstić information content (AvgIpc) is 3.23. The van der Waals surface area contributed by atoms with Gasteiger partial charge in [-0.15, -0.1) is 0 Å². The predicted molar refractivity (Wildman–Crippen MR) is 98.1 cm³/mol. The molecule has 2 aromatic rings. The molecule has 2 amide bonds. The van der Waals surface area contributed by atoms with Gasteiger partial charge in [-0.1, -0.05) is 6.07 Å². The highest BCUT2D eigenvalue weighted by Crippen LogP contribution is 2.20. The zero-order chi connectivity index (χ0) is 20.1. The fraction of sp³-hybridized carbons (Fsp3) is 0.350. The standard InChI is InChI=1S/C20H21FN2O5/c1-13-4-5-15(11-16(13)21)22-18(24)12-28-20(26)14-6-8-23(9-7-14)19(25)17-3-2-10-27-17/h2-5,10-11,14H,6-9,12H2,1H3,(H,22,24). The van der Waals surface area contributed by atoms with Gasteiger partial charge in [-0.2, -0.15) is 0 Å². The van der Waals surface area contributed by atoms with Crippen molar-refractivity contribution in [1.82, 2.24) is 4.90 Å². The first kappa shape index (κ1) is 19.6. The van der Waals surface area contributed by atoms with E-state index in [1.807, 2.05) is 0 Å². The normalized spacial score (nSPS) is 14.6. The molecule has 0 radical (unpaired) electrons. The maximum absolute atomic E-state index is 13.5. The quantitative estimate of drug-likeness (QED) is 0.796. The van der Waals surface area contributed by atoms with E-state index in [1.165, 1.54) is 12.3 Å². The Bertz CT molecular complexity index is 857. The summed E-state index contributed by atoms with van der Waals surface area (Å²) >= 11 is 0.